The Morgan fingerprint density at radius 1 is 0.982 bits per heavy atom. The fourth-order valence-corrected chi connectivity index (χ4v) is 7.22. The van der Waals surface area contributed by atoms with Crippen molar-refractivity contribution in [1.82, 2.24) is 15.1 Å². The monoisotopic (exact) mass is 792 g/mol. The van der Waals surface area contributed by atoms with Gasteiger partial charge in [0.2, 0.25) is 11.8 Å². The van der Waals surface area contributed by atoms with E-state index in [4.69, 9.17) is 34.2 Å². The third-order valence-corrected chi connectivity index (χ3v) is 11.2. The van der Waals surface area contributed by atoms with Crippen LogP contribution in [0.15, 0.2) is 18.2 Å². The number of carbonyl (C=O) groups is 4. The minimum atomic E-state index is -1.22. The lowest BCUT2D eigenvalue weighted by molar-refractivity contribution is -0.130. The smallest absolute Gasteiger partial charge is 0.493 e. The van der Waals surface area contributed by atoms with Gasteiger partial charge in [0.05, 0.1) is 37.9 Å². The summed E-state index contributed by atoms with van der Waals surface area (Å²) in [6.07, 6.45) is -0.203. The summed E-state index contributed by atoms with van der Waals surface area (Å²) in [6, 6.07) is 5.13. The number of benzene rings is 1. The Kier molecular flexibility index (Phi) is 18.5. The maximum atomic E-state index is 13.7. The van der Waals surface area contributed by atoms with Crippen LogP contribution in [0.25, 0.3) is 0 Å². The molecule has 0 spiro atoms. The number of nitrogens with two attached hydrogens (primary N) is 1. The molecule has 3 amide bonds. The van der Waals surface area contributed by atoms with Crippen molar-refractivity contribution in [3.05, 3.63) is 23.8 Å². The van der Waals surface area contributed by atoms with Crippen LogP contribution in [0.2, 0.25) is 0 Å². The van der Waals surface area contributed by atoms with Gasteiger partial charge in [-0.1, -0.05) is 33.8 Å². The van der Waals surface area contributed by atoms with Crippen LogP contribution >= 0.6 is 0 Å². The molecule has 1 unspecified atom stereocenters. The number of carbonyl (C=O) groups excluding carboxylic acids is 3. The largest absolute Gasteiger partial charge is 0.508 e. The van der Waals surface area contributed by atoms with Crippen molar-refractivity contribution < 1.29 is 52.7 Å². The second kappa shape index (κ2) is 22.2. The third kappa shape index (κ3) is 14.0. The number of rotatable bonds is 22. The summed E-state index contributed by atoms with van der Waals surface area (Å²) < 4.78 is 34.1. The van der Waals surface area contributed by atoms with E-state index in [1.54, 1.807) is 28.1 Å². The molecule has 1 aromatic rings. The molecule has 0 aromatic heterocycles. The molecule has 15 heteroatoms. The van der Waals surface area contributed by atoms with Crippen LogP contribution in [0.1, 0.15) is 79.2 Å². The Labute approximate surface area is 333 Å². The lowest BCUT2D eigenvalue weighted by Crippen LogP contribution is -2.47. The lowest BCUT2D eigenvalue weighted by Gasteiger charge is -2.33. The van der Waals surface area contributed by atoms with Crippen LogP contribution in [0, 0.1) is 35.0 Å². The molecule has 1 aromatic carbocycles. The first-order valence-electron chi connectivity index (χ1n) is 20.0. The minimum absolute atomic E-state index is 0.0236. The maximum Gasteiger partial charge on any atom is 0.508 e. The van der Waals surface area contributed by atoms with Crippen LogP contribution in [0.5, 0.6) is 11.5 Å². The standard InChI is InChI=1S/C41H68N4O11/c1-26(2)30(19-29-11-12-33(52-9)35(20-29)53-18-10-17-51-8)21-32-34(22-31(27(3)4)37(46)43-25-41(5,6)38(42)47)56-36(45(32)39(48)49)24-55-40(50)54-23-28-13-15-44(7)16-14-28/h11-12,20,26-28,30-32,34,36H,10,13-19,21-25H2,1-9H3,(H2,42,47)(H,43,46)(H,48,49)/t30-,31+,32+,34+,36?/m1/s1. The summed E-state index contributed by atoms with van der Waals surface area (Å²) in [4.78, 5) is 55.0. The van der Waals surface area contributed by atoms with E-state index < -0.39 is 47.9 Å². The number of primary amides is 1. The number of carboxylic acid groups (broad SMARTS) is 1. The molecule has 5 atom stereocenters. The first-order chi connectivity index (χ1) is 26.5. The molecule has 2 heterocycles. The lowest BCUT2D eigenvalue weighted by atomic mass is 9.80. The van der Waals surface area contributed by atoms with Crippen LogP contribution < -0.4 is 20.5 Å². The highest BCUT2D eigenvalue weighted by Gasteiger charge is 2.48. The quantitative estimate of drug-likeness (QED) is 0.103. The van der Waals surface area contributed by atoms with Gasteiger partial charge in [0.1, 0.15) is 6.61 Å². The number of piperidine rings is 1. The van der Waals surface area contributed by atoms with Crippen molar-refractivity contribution in [2.45, 2.75) is 98.4 Å². The molecule has 2 saturated heterocycles. The normalized spacial score (nSPS) is 20.5. The Morgan fingerprint density at radius 2 is 1.66 bits per heavy atom. The zero-order chi connectivity index (χ0) is 41.6. The zero-order valence-electron chi connectivity index (χ0n) is 35.0. The van der Waals surface area contributed by atoms with Crippen molar-refractivity contribution in [3.8, 4) is 11.5 Å². The van der Waals surface area contributed by atoms with E-state index in [0.29, 0.717) is 44.0 Å². The van der Waals surface area contributed by atoms with E-state index in [2.05, 4.69) is 31.1 Å². The fraction of sp³-hybridized carbons (Fsp3) is 0.756. The molecule has 15 nitrogen and oxygen atoms in total. The molecule has 56 heavy (non-hydrogen) atoms. The average molecular weight is 793 g/mol. The van der Waals surface area contributed by atoms with Crippen molar-refractivity contribution in [3.63, 3.8) is 0 Å². The summed E-state index contributed by atoms with van der Waals surface area (Å²) in [7, 11) is 5.29. The van der Waals surface area contributed by atoms with E-state index in [1.165, 1.54) is 4.90 Å². The summed E-state index contributed by atoms with van der Waals surface area (Å²) in [5, 5.41) is 13.6. The first kappa shape index (κ1) is 46.6. The van der Waals surface area contributed by atoms with Crippen molar-refractivity contribution in [2.24, 2.45) is 40.7 Å². The first-order valence-corrected chi connectivity index (χ1v) is 20.0. The van der Waals surface area contributed by atoms with Gasteiger partial charge in [-0.15, -0.1) is 0 Å². The van der Waals surface area contributed by atoms with Gasteiger partial charge in [0.25, 0.3) is 0 Å². The molecule has 2 fully saturated rings. The zero-order valence-corrected chi connectivity index (χ0v) is 35.0. The molecule has 0 radical (unpaired) electrons. The predicted molar refractivity (Wildman–Crippen MR) is 210 cm³/mol. The molecule has 2 aliphatic heterocycles. The second-order valence-electron chi connectivity index (χ2n) is 16.7. The highest BCUT2D eigenvalue weighted by Crippen LogP contribution is 2.38. The number of hydrogen-bond acceptors (Lipinski definition) is 11. The van der Waals surface area contributed by atoms with Gasteiger partial charge in [-0.25, -0.2) is 9.59 Å². The number of methoxy groups -OCH3 is 2. The van der Waals surface area contributed by atoms with Gasteiger partial charge in [-0.2, -0.15) is 0 Å². The van der Waals surface area contributed by atoms with Crippen molar-refractivity contribution >= 4 is 24.1 Å². The Morgan fingerprint density at radius 3 is 2.25 bits per heavy atom. The number of nitrogens with one attached hydrogen (secondary N) is 1. The molecular formula is C41H68N4O11. The van der Waals surface area contributed by atoms with Crippen LogP contribution in [0.4, 0.5) is 9.59 Å². The molecular weight excluding hydrogens is 724 g/mol. The van der Waals surface area contributed by atoms with Gasteiger partial charge >= 0.3 is 12.2 Å². The molecule has 0 saturated carbocycles. The van der Waals surface area contributed by atoms with Gasteiger partial charge in [0, 0.05) is 32.6 Å². The number of amides is 3. The molecule has 2 aliphatic rings. The maximum absolute atomic E-state index is 13.7. The highest BCUT2D eigenvalue weighted by atomic mass is 16.7. The van der Waals surface area contributed by atoms with E-state index in [0.717, 1.165) is 31.5 Å². The fourth-order valence-electron chi connectivity index (χ4n) is 7.22. The predicted octanol–water partition coefficient (Wildman–Crippen LogP) is 5.17. The van der Waals surface area contributed by atoms with Crippen LogP contribution in [-0.2, 0) is 35.0 Å². The van der Waals surface area contributed by atoms with E-state index in [-0.39, 0.29) is 55.8 Å². The SMILES string of the molecule is COCCCOc1cc(C[C@H](C[C@H]2[C@H](C[C@H](C(=O)NCC(C)(C)C(N)=O)C(C)C)OC(COC(=O)OCC3CCN(C)CC3)N2C(=O)O)C(C)C)ccc1OC. The van der Waals surface area contributed by atoms with Crippen molar-refractivity contribution in [1.29, 1.82) is 0 Å². The molecule has 3 rings (SSSR count). The average Bonchev–Trinajstić information content (AvgIpc) is 3.49. The molecule has 318 valence electrons. The summed E-state index contributed by atoms with van der Waals surface area (Å²) in [6.45, 7) is 14.1. The molecule has 0 bridgehead atoms. The number of nitrogens with zero attached hydrogens (tertiary/aromatic N) is 2. The number of ether oxygens (including phenoxy) is 6. The molecule has 4 N–H and O–H groups in total. The van der Waals surface area contributed by atoms with Crippen LogP contribution in [-0.4, -0.2) is 125 Å². The third-order valence-electron chi connectivity index (χ3n) is 11.2. The van der Waals surface area contributed by atoms with Gasteiger partial charge in [-0.3, -0.25) is 14.5 Å². The van der Waals surface area contributed by atoms with Gasteiger partial charge in [0.15, 0.2) is 17.7 Å². The van der Waals surface area contributed by atoms with Gasteiger partial charge < -0.3 is 49.5 Å². The van der Waals surface area contributed by atoms with E-state index >= 15 is 0 Å². The second-order valence-corrected chi connectivity index (χ2v) is 16.7. The van der Waals surface area contributed by atoms with Gasteiger partial charge in [-0.05, 0) is 107 Å². The summed E-state index contributed by atoms with van der Waals surface area (Å²) in [5.74, 6) is 0.00204. The van der Waals surface area contributed by atoms with E-state index in [9.17, 15) is 24.3 Å². The minimum Gasteiger partial charge on any atom is -0.493 e. The Balaban J connectivity index is 1.87. The number of hydrogen-bond donors (Lipinski definition) is 3. The Bertz CT molecular complexity index is 1420. The molecule has 0 aliphatic carbocycles. The highest BCUT2D eigenvalue weighted by molar-refractivity contribution is 5.83. The number of likely N-dealkylation sites (tertiary alicyclic amines) is 1. The van der Waals surface area contributed by atoms with E-state index in [1.807, 2.05) is 32.0 Å². The van der Waals surface area contributed by atoms with Crippen LogP contribution in [0.3, 0.4) is 0 Å². The topological polar surface area (TPSA) is 188 Å². The summed E-state index contributed by atoms with van der Waals surface area (Å²) in [5.41, 5.74) is 5.59. The summed E-state index contributed by atoms with van der Waals surface area (Å²) >= 11 is 0. The van der Waals surface area contributed by atoms with Crippen molar-refractivity contribution in [2.75, 3.05) is 67.3 Å². The Hall–Kier alpha value is -3.82.